The summed E-state index contributed by atoms with van der Waals surface area (Å²) < 4.78 is 0. The second-order valence-electron chi connectivity index (χ2n) is 5.57. The maximum Gasteiger partial charge on any atom is 0.236 e. The molecule has 1 amide bonds. The number of hydrogen-bond donors (Lipinski definition) is 0. The van der Waals surface area contributed by atoms with E-state index in [0.717, 1.165) is 25.4 Å². The van der Waals surface area contributed by atoms with Gasteiger partial charge in [0, 0.05) is 26.5 Å². The Morgan fingerprint density at radius 1 is 1.42 bits per heavy atom. The molecule has 2 rings (SSSR count). The highest BCUT2D eigenvalue weighted by Crippen LogP contribution is 2.21. The molecule has 4 nitrogen and oxygen atoms in total. The molecule has 1 aliphatic heterocycles. The SMILES string of the molecule is CN(C)C(=O)CN1CCC(Cc2cccnc2)CC1. The van der Waals surface area contributed by atoms with Crippen LogP contribution in [0.15, 0.2) is 24.5 Å². The van der Waals surface area contributed by atoms with Crippen molar-refractivity contribution in [2.45, 2.75) is 19.3 Å². The van der Waals surface area contributed by atoms with E-state index < -0.39 is 0 Å². The van der Waals surface area contributed by atoms with E-state index in [1.54, 1.807) is 4.90 Å². The molecule has 0 spiro atoms. The molecule has 0 bridgehead atoms. The minimum Gasteiger partial charge on any atom is -0.348 e. The van der Waals surface area contributed by atoms with Crippen LogP contribution in [0.2, 0.25) is 0 Å². The molecule has 1 fully saturated rings. The average Bonchev–Trinajstić information content (AvgIpc) is 2.42. The minimum atomic E-state index is 0.200. The Morgan fingerprint density at radius 2 is 2.16 bits per heavy atom. The molecule has 0 atom stereocenters. The third-order valence-corrected chi connectivity index (χ3v) is 3.81. The summed E-state index contributed by atoms with van der Waals surface area (Å²) in [5, 5.41) is 0. The zero-order valence-electron chi connectivity index (χ0n) is 11.9. The van der Waals surface area contributed by atoms with Crippen LogP contribution in [0.1, 0.15) is 18.4 Å². The Labute approximate surface area is 115 Å². The predicted octanol–water partition coefficient (Wildman–Crippen LogP) is 1.42. The maximum atomic E-state index is 11.7. The topological polar surface area (TPSA) is 36.4 Å². The quantitative estimate of drug-likeness (QED) is 0.822. The molecule has 0 radical (unpaired) electrons. The van der Waals surface area contributed by atoms with Crippen LogP contribution < -0.4 is 0 Å². The van der Waals surface area contributed by atoms with E-state index in [0.29, 0.717) is 6.54 Å². The van der Waals surface area contributed by atoms with Crippen LogP contribution in [-0.2, 0) is 11.2 Å². The zero-order chi connectivity index (χ0) is 13.7. The molecule has 4 heteroatoms. The molecule has 0 aliphatic carbocycles. The maximum absolute atomic E-state index is 11.7. The van der Waals surface area contributed by atoms with Crippen molar-refractivity contribution in [3.8, 4) is 0 Å². The number of piperidine rings is 1. The summed E-state index contributed by atoms with van der Waals surface area (Å²) in [6.45, 7) is 2.63. The number of likely N-dealkylation sites (N-methyl/N-ethyl adjacent to an activating group) is 1. The first kappa shape index (κ1) is 14.0. The summed E-state index contributed by atoms with van der Waals surface area (Å²) in [5.41, 5.74) is 1.32. The number of pyridine rings is 1. The molecule has 0 N–H and O–H groups in total. The first-order valence-electron chi connectivity index (χ1n) is 6.96. The van der Waals surface area contributed by atoms with Crippen LogP contribution >= 0.6 is 0 Å². The third kappa shape index (κ3) is 4.31. The number of rotatable bonds is 4. The van der Waals surface area contributed by atoms with E-state index >= 15 is 0 Å². The number of likely N-dealkylation sites (tertiary alicyclic amines) is 1. The van der Waals surface area contributed by atoms with Gasteiger partial charge in [0.25, 0.3) is 0 Å². The molecule has 0 saturated carbocycles. The van der Waals surface area contributed by atoms with Crippen molar-refractivity contribution < 1.29 is 4.79 Å². The Morgan fingerprint density at radius 3 is 2.74 bits per heavy atom. The van der Waals surface area contributed by atoms with E-state index in [1.807, 2.05) is 32.6 Å². The van der Waals surface area contributed by atoms with E-state index in [4.69, 9.17) is 0 Å². The van der Waals surface area contributed by atoms with Gasteiger partial charge >= 0.3 is 0 Å². The number of hydrogen-bond acceptors (Lipinski definition) is 3. The van der Waals surface area contributed by atoms with Crippen molar-refractivity contribution in [3.05, 3.63) is 30.1 Å². The Bertz CT molecular complexity index is 397. The molecule has 1 aliphatic rings. The highest BCUT2D eigenvalue weighted by Gasteiger charge is 2.21. The predicted molar refractivity (Wildman–Crippen MR) is 75.8 cm³/mol. The van der Waals surface area contributed by atoms with Gasteiger partial charge in [-0.15, -0.1) is 0 Å². The lowest BCUT2D eigenvalue weighted by Crippen LogP contribution is -2.41. The third-order valence-electron chi connectivity index (χ3n) is 3.81. The standard InChI is InChI=1S/C15H23N3O/c1-17(2)15(19)12-18-8-5-13(6-9-18)10-14-4-3-7-16-11-14/h3-4,7,11,13H,5-6,8-10,12H2,1-2H3. The van der Waals surface area contributed by atoms with Gasteiger partial charge in [-0.2, -0.15) is 0 Å². The van der Waals surface area contributed by atoms with Crippen molar-refractivity contribution in [2.24, 2.45) is 5.92 Å². The smallest absolute Gasteiger partial charge is 0.236 e. The van der Waals surface area contributed by atoms with Gasteiger partial charge in [-0.05, 0) is 49.9 Å². The first-order valence-corrected chi connectivity index (χ1v) is 6.96. The van der Waals surface area contributed by atoms with E-state index in [1.165, 1.54) is 18.4 Å². The van der Waals surface area contributed by atoms with Crippen LogP contribution in [0.5, 0.6) is 0 Å². The van der Waals surface area contributed by atoms with Crippen LogP contribution in [0.3, 0.4) is 0 Å². The van der Waals surface area contributed by atoms with Gasteiger partial charge in [0.05, 0.1) is 6.54 Å². The molecular weight excluding hydrogens is 238 g/mol. The van der Waals surface area contributed by atoms with Gasteiger partial charge in [-0.25, -0.2) is 0 Å². The normalized spacial score (nSPS) is 17.4. The monoisotopic (exact) mass is 261 g/mol. The van der Waals surface area contributed by atoms with Crippen molar-refractivity contribution in [1.29, 1.82) is 0 Å². The molecule has 104 valence electrons. The summed E-state index contributed by atoms with van der Waals surface area (Å²) in [6, 6.07) is 4.15. The van der Waals surface area contributed by atoms with Crippen molar-refractivity contribution in [2.75, 3.05) is 33.7 Å². The molecule has 1 aromatic heterocycles. The van der Waals surface area contributed by atoms with E-state index in [-0.39, 0.29) is 5.91 Å². The second-order valence-corrected chi connectivity index (χ2v) is 5.57. The van der Waals surface area contributed by atoms with E-state index in [9.17, 15) is 4.79 Å². The Hall–Kier alpha value is -1.42. The fraction of sp³-hybridized carbons (Fsp3) is 0.600. The van der Waals surface area contributed by atoms with Gasteiger partial charge in [0.2, 0.25) is 5.91 Å². The number of carbonyl (C=O) groups excluding carboxylic acids is 1. The van der Waals surface area contributed by atoms with Crippen LogP contribution in [0.4, 0.5) is 0 Å². The van der Waals surface area contributed by atoms with Crippen LogP contribution in [-0.4, -0.2) is 54.4 Å². The molecule has 0 unspecified atom stereocenters. The highest BCUT2D eigenvalue weighted by molar-refractivity contribution is 5.77. The van der Waals surface area contributed by atoms with Gasteiger partial charge in [0.15, 0.2) is 0 Å². The van der Waals surface area contributed by atoms with Gasteiger partial charge < -0.3 is 4.90 Å². The lowest BCUT2D eigenvalue weighted by molar-refractivity contribution is -0.130. The summed E-state index contributed by atoms with van der Waals surface area (Å²) in [5.74, 6) is 0.931. The Balaban J connectivity index is 1.75. The molecular formula is C15H23N3O. The lowest BCUT2D eigenvalue weighted by Gasteiger charge is -2.32. The van der Waals surface area contributed by atoms with Crippen LogP contribution in [0, 0.1) is 5.92 Å². The zero-order valence-corrected chi connectivity index (χ0v) is 11.9. The van der Waals surface area contributed by atoms with Crippen LogP contribution in [0.25, 0.3) is 0 Å². The fourth-order valence-electron chi connectivity index (χ4n) is 2.53. The van der Waals surface area contributed by atoms with Gasteiger partial charge in [-0.3, -0.25) is 14.7 Å². The Kier molecular flexibility index (Phi) is 4.91. The van der Waals surface area contributed by atoms with Crippen molar-refractivity contribution in [1.82, 2.24) is 14.8 Å². The average molecular weight is 261 g/mol. The summed E-state index contributed by atoms with van der Waals surface area (Å²) in [4.78, 5) is 19.8. The number of aromatic nitrogens is 1. The highest BCUT2D eigenvalue weighted by atomic mass is 16.2. The summed E-state index contributed by atoms with van der Waals surface area (Å²) >= 11 is 0. The fourth-order valence-corrected chi connectivity index (χ4v) is 2.53. The summed E-state index contributed by atoms with van der Waals surface area (Å²) in [7, 11) is 3.63. The van der Waals surface area contributed by atoms with E-state index in [2.05, 4.69) is 16.0 Å². The molecule has 0 aromatic carbocycles. The lowest BCUT2D eigenvalue weighted by atomic mass is 9.91. The van der Waals surface area contributed by atoms with Gasteiger partial charge in [0.1, 0.15) is 0 Å². The molecule has 2 heterocycles. The summed E-state index contributed by atoms with van der Waals surface area (Å²) in [6.07, 6.45) is 7.25. The second kappa shape index (κ2) is 6.66. The van der Waals surface area contributed by atoms with Crippen molar-refractivity contribution >= 4 is 5.91 Å². The number of carbonyl (C=O) groups is 1. The first-order chi connectivity index (χ1) is 9.15. The molecule has 1 saturated heterocycles. The minimum absolute atomic E-state index is 0.200. The van der Waals surface area contributed by atoms with Gasteiger partial charge in [-0.1, -0.05) is 6.07 Å². The molecule has 1 aromatic rings. The number of nitrogens with zero attached hydrogens (tertiary/aromatic N) is 3. The van der Waals surface area contributed by atoms with Crippen molar-refractivity contribution in [3.63, 3.8) is 0 Å². The molecule has 19 heavy (non-hydrogen) atoms. The largest absolute Gasteiger partial charge is 0.348 e. The number of amides is 1.